The van der Waals surface area contributed by atoms with Gasteiger partial charge in [0.2, 0.25) is 20.0 Å². The number of benzene rings is 5. The molecule has 1 aliphatic rings. The number of likely N-dealkylation sites (N-methyl/N-ethyl adjacent to an activating group) is 1. The molecule has 2 atom stereocenters. The first-order valence-corrected chi connectivity index (χ1v) is 22.4. The quantitative estimate of drug-likeness (QED) is 0.0694. The molecule has 0 saturated heterocycles. The third-order valence-corrected chi connectivity index (χ3v) is 14.8. The summed E-state index contributed by atoms with van der Waals surface area (Å²) in [5, 5.41) is 0. The van der Waals surface area contributed by atoms with Crippen LogP contribution >= 0.6 is 0 Å². The highest BCUT2D eigenvalue weighted by Crippen LogP contribution is 2.41. The summed E-state index contributed by atoms with van der Waals surface area (Å²) >= 11 is 0. The van der Waals surface area contributed by atoms with E-state index in [1.807, 2.05) is 80.6 Å². The van der Waals surface area contributed by atoms with Crippen molar-refractivity contribution in [3.05, 3.63) is 167 Å². The van der Waals surface area contributed by atoms with Gasteiger partial charge in [-0.1, -0.05) is 152 Å². The van der Waals surface area contributed by atoms with Gasteiger partial charge in [0.15, 0.2) is 0 Å². The molecular weight excluding hydrogens is 725 g/mol. The Morgan fingerprint density at radius 1 is 0.545 bits per heavy atom. The van der Waals surface area contributed by atoms with Crippen molar-refractivity contribution in [1.82, 2.24) is 8.61 Å². The second-order valence-electron chi connectivity index (χ2n) is 14.7. The summed E-state index contributed by atoms with van der Waals surface area (Å²) in [6.07, 6.45) is 5.95. The maximum Gasteiger partial charge on any atom is 0.243 e. The minimum atomic E-state index is -3.92. The normalized spacial score (nSPS) is 16.7. The molecule has 0 heterocycles. The molecule has 9 heteroatoms. The van der Waals surface area contributed by atoms with Gasteiger partial charge in [0.05, 0.1) is 9.79 Å². The first-order chi connectivity index (χ1) is 26.5. The maximum absolute atomic E-state index is 14.5. The van der Waals surface area contributed by atoms with Crippen molar-refractivity contribution in [2.45, 2.75) is 92.7 Å². The van der Waals surface area contributed by atoms with E-state index >= 15 is 0 Å². The lowest BCUT2D eigenvalue weighted by molar-refractivity contribution is 0.0106. The number of rotatable bonds is 17. The molecule has 0 aromatic heterocycles. The number of hydrogen-bond donors (Lipinski definition) is 0. The van der Waals surface area contributed by atoms with Gasteiger partial charge in [-0.05, 0) is 80.5 Å². The summed E-state index contributed by atoms with van der Waals surface area (Å²) in [5.41, 5.74) is 4.33. The van der Waals surface area contributed by atoms with Crippen molar-refractivity contribution < 1.29 is 21.6 Å². The number of aryl methyl sites for hydroxylation is 2. The molecule has 0 amide bonds. The van der Waals surface area contributed by atoms with Crippen molar-refractivity contribution >= 4 is 20.0 Å². The molecule has 1 fully saturated rings. The van der Waals surface area contributed by atoms with E-state index in [9.17, 15) is 16.8 Å². The fourth-order valence-corrected chi connectivity index (χ4v) is 11.1. The van der Waals surface area contributed by atoms with E-state index in [1.165, 1.54) is 4.31 Å². The molecule has 5 aromatic rings. The predicted octanol–water partition coefficient (Wildman–Crippen LogP) is 9.50. The highest BCUT2D eigenvalue weighted by molar-refractivity contribution is 7.89. The van der Waals surface area contributed by atoms with Crippen LogP contribution in [0.3, 0.4) is 0 Å². The van der Waals surface area contributed by atoms with Crippen LogP contribution in [-0.2, 0) is 30.4 Å². The molecule has 0 N–H and O–H groups in total. The van der Waals surface area contributed by atoms with Crippen molar-refractivity contribution in [2.24, 2.45) is 0 Å². The zero-order chi connectivity index (χ0) is 38.9. The van der Waals surface area contributed by atoms with Gasteiger partial charge in [-0.25, -0.2) is 16.8 Å². The van der Waals surface area contributed by atoms with E-state index in [4.69, 9.17) is 4.74 Å². The maximum atomic E-state index is 14.5. The second-order valence-corrected chi connectivity index (χ2v) is 18.6. The molecule has 290 valence electrons. The van der Waals surface area contributed by atoms with E-state index in [2.05, 4.69) is 36.4 Å². The van der Waals surface area contributed by atoms with Crippen LogP contribution in [0.5, 0.6) is 0 Å². The number of hydrogen-bond acceptors (Lipinski definition) is 5. The van der Waals surface area contributed by atoms with Crippen molar-refractivity contribution in [2.75, 3.05) is 20.2 Å². The largest absolute Gasteiger partial charge is 0.361 e. The Hall–Kier alpha value is -4.12. The topological polar surface area (TPSA) is 84.0 Å². The lowest BCUT2D eigenvalue weighted by Crippen LogP contribution is -2.55. The van der Waals surface area contributed by atoms with Crippen LogP contribution in [0.1, 0.15) is 79.2 Å². The average molecular weight is 779 g/mol. The number of ether oxygens (including phenoxy) is 1. The van der Waals surface area contributed by atoms with Gasteiger partial charge in [0, 0.05) is 32.3 Å². The Bertz CT molecular complexity index is 2070. The highest BCUT2D eigenvalue weighted by Gasteiger charge is 2.42. The van der Waals surface area contributed by atoms with E-state index < -0.39 is 37.7 Å². The number of unbranched alkanes of at least 4 members (excludes halogenated alkanes) is 3. The SMILES string of the molecule is Cc1ccc(S(=O)(=O)N(C)[C@@H]2CCCC[C@H]2N(CCCCCCOC(c2ccccc2)(c2ccccc2)c2ccccc2)S(=O)(=O)c2ccc(C)cc2)cc1. The van der Waals surface area contributed by atoms with Crippen molar-refractivity contribution in [3.63, 3.8) is 0 Å². The van der Waals surface area contributed by atoms with Gasteiger partial charge in [0.25, 0.3) is 0 Å². The van der Waals surface area contributed by atoms with Crippen LogP contribution in [0, 0.1) is 13.8 Å². The molecule has 1 aliphatic carbocycles. The first-order valence-electron chi connectivity index (χ1n) is 19.5. The molecule has 5 aromatic carbocycles. The van der Waals surface area contributed by atoms with Gasteiger partial charge in [0.1, 0.15) is 5.60 Å². The van der Waals surface area contributed by atoms with Crippen molar-refractivity contribution in [1.29, 1.82) is 0 Å². The summed E-state index contributed by atoms with van der Waals surface area (Å²) in [5.74, 6) is 0. The molecule has 6 rings (SSSR count). The van der Waals surface area contributed by atoms with E-state index in [-0.39, 0.29) is 9.79 Å². The van der Waals surface area contributed by atoms with E-state index in [1.54, 1.807) is 47.8 Å². The molecule has 1 saturated carbocycles. The van der Waals surface area contributed by atoms with Crippen LogP contribution in [0.2, 0.25) is 0 Å². The summed E-state index contributed by atoms with van der Waals surface area (Å²) in [4.78, 5) is 0.454. The Morgan fingerprint density at radius 2 is 0.964 bits per heavy atom. The zero-order valence-electron chi connectivity index (χ0n) is 32.3. The Labute approximate surface area is 329 Å². The van der Waals surface area contributed by atoms with Gasteiger partial charge < -0.3 is 4.74 Å². The smallest absolute Gasteiger partial charge is 0.243 e. The van der Waals surface area contributed by atoms with Gasteiger partial charge in [-0.3, -0.25) is 0 Å². The summed E-state index contributed by atoms with van der Waals surface area (Å²) in [6.45, 7) is 4.67. The molecular formula is C46H54N2O5S2. The number of nitrogens with zero attached hydrogens (tertiary/aromatic N) is 2. The Morgan fingerprint density at radius 3 is 1.44 bits per heavy atom. The first kappa shape index (κ1) is 40.5. The van der Waals surface area contributed by atoms with Gasteiger partial charge in [-0.2, -0.15) is 8.61 Å². The van der Waals surface area contributed by atoms with E-state index in [0.717, 1.165) is 59.9 Å². The van der Waals surface area contributed by atoms with Crippen molar-refractivity contribution in [3.8, 4) is 0 Å². The molecule has 7 nitrogen and oxygen atoms in total. The minimum Gasteiger partial charge on any atom is -0.361 e. The highest BCUT2D eigenvalue weighted by atomic mass is 32.2. The lowest BCUT2D eigenvalue weighted by Gasteiger charge is -2.42. The monoisotopic (exact) mass is 778 g/mol. The lowest BCUT2D eigenvalue weighted by atomic mass is 9.80. The fourth-order valence-electron chi connectivity index (χ4n) is 7.93. The Kier molecular flexibility index (Phi) is 13.4. The van der Waals surface area contributed by atoms with Crippen LogP contribution in [0.4, 0.5) is 0 Å². The fraction of sp³-hybridized carbons (Fsp3) is 0.348. The van der Waals surface area contributed by atoms with Crippen LogP contribution in [-0.4, -0.2) is 57.7 Å². The zero-order valence-corrected chi connectivity index (χ0v) is 33.9. The Balaban J connectivity index is 1.19. The molecule has 0 unspecified atom stereocenters. The molecule has 55 heavy (non-hydrogen) atoms. The van der Waals surface area contributed by atoms with Crippen LogP contribution < -0.4 is 0 Å². The van der Waals surface area contributed by atoms with E-state index in [0.29, 0.717) is 32.4 Å². The second kappa shape index (κ2) is 18.2. The summed E-state index contributed by atoms with van der Waals surface area (Å²) in [6, 6.07) is 43.9. The van der Waals surface area contributed by atoms with Gasteiger partial charge >= 0.3 is 0 Å². The molecule has 0 bridgehead atoms. The predicted molar refractivity (Wildman–Crippen MR) is 221 cm³/mol. The third kappa shape index (κ3) is 9.14. The summed E-state index contributed by atoms with van der Waals surface area (Å²) in [7, 11) is -6.16. The minimum absolute atomic E-state index is 0.218. The summed E-state index contributed by atoms with van der Waals surface area (Å²) < 4.78 is 66.8. The molecule has 0 spiro atoms. The molecule has 0 radical (unpaired) electrons. The van der Waals surface area contributed by atoms with Gasteiger partial charge in [-0.15, -0.1) is 0 Å². The number of sulfonamides is 2. The van der Waals surface area contributed by atoms with Crippen LogP contribution in [0.25, 0.3) is 0 Å². The molecule has 0 aliphatic heterocycles. The van der Waals surface area contributed by atoms with Crippen LogP contribution in [0.15, 0.2) is 149 Å². The third-order valence-electron chi connectivity index (χ3n) is 11.0. The standard InChI is InChI=1S/C46H54N2O5S2/c1-37-27-31-42(32-28-37)54(49,50)47(3)44-25-15-16-26-45(44)48(55(51,52)43-33-29-38(2)30-34-43)35-17-4-5-18-36-53-46(39-19-9-6-10-20-39,40-21-11-7-12-22-40)41-23-13-8-14-24-41/h6-14,19-24,27-34,44-45H,4-5,15-18,25-26,35-36H2,1-3H3/t44-,45-/m1/s1. The average Bonchev–Trinajstić information content (AvgIpc) is 3.21.